The van der Waals surface area contributed by atoms with Gasteiger partial charge < -0.3 is 10.2 Å². The molecule has 0 saturated heterocycles. The number of hydrogen-bond acceptors (Lipinski definition) is 2. The topological polar surface area (TPSA) is 74.6 Å². The summed E-state index contributed by atoms with van der Waals surface area (Å²) in [6.45, 7) is 4.49. The van der Waals surface area contributed by atoms with Crippen LogP contribution < -0.4 is 0 Å². The zero-order chi connectivity index (χ0) is 24.1. The Labute approximate surface area is 216 Å². The van der Waals surface area contributed by atoms with Crippen LogP contribution in [0.15, 0.2) is 0 Å². The van der Waals surface area contributed by atoms with E-state index in [0.29, 0.717) is 12.8 Å². The molecule has 2 N–H and O–H groups in total. The van der Waals surface area contributed by atoms with E-state index < -0.39 is 11.9 Å². The minimum absolute atomic E-state index is 0. The second kappa shape index (κ2) is 33.6. The zero-order valence-electron chi connectivity index (χ0n) is 22.1. The van der Waals surface area contributed by atoms with Gasteiger partial charge in [0.1, 0.15) is 0 Å². The van der Waals surface area contributed by atoms with Gasteiger partial charge in [-0.1, -0.05) is 142 Å². The predicted molar refractivity (Wildman–Crippen MR) is 137 cm³/mol. The van der Waals surface area contributed by atoms with E-state index in [-0.39, 0.29) is 17.1 Å². The minimum atomic E-state index is -0.657. The molecule has 0 unspecified atom stereocenters. The van der Waals surface area contributed by atoms with Crippen molar-refractivity contribution in [3.63, 3.8) is 0 Å². The van der Waals surface area contributed by atoms with Crippen molar-refractivity contribution in [2.45, 2.75) is 168 Å². The number of carbonyl (C=O) groups is 2. The summed E-state index contributed by atoms with van der Waals surface area (Å²) in [6.07, 6.45) is 28.7. The number of hydrogen-bond donors (Lipinski definition) is 2. The SMILES string of the molecule is CCCCCCCCCCCCCC(=O)O.CCCCCCCCCCCCCC(=O)O.[Mn]. The summed E-state index contributed by atoms with van der Waals surface area (Å²) in [4.78, 5) is 20.5. The van der Waals surface area contributed by atoms with E-state index in [4.69, 9.17) is 10.2 Å². The summed E-state index contributed by atoms with van der Waals surface area (Å²) in [6, 6.07) is 0. The first kappa shape index (κ1) is 37.0. The van der Waals surface area contributed by atoms with Gasteiger partial charge in [-0.2, -0.15) is 0 Å². The van der Waals surface area contributed by atoms with Gasteiger partial charge in [-0.3, -0.25) is 9.59 Å². The third-order valence-electron chi connectivity index (χ3n) is 5.99. The molecule has 33 heavy (non-hydrogen) atoms. The van der Waals surface area contributed by atoms with Crippen molar-refractivity contribution in [3.05, 3.63) is 0 Å². The number of rotatable bonds is 24. The average molecular weight is 512 g/mol. The van der Waals surface area contributed by atoms with Gasteiger partial charge in [0.2, 0.25) is 0 Å². The fourth-order valence-corrected chi connectivity index (χ4v) is 3.88. The maximum absolute atomic E-state index is 10.3. The number of carboxylic acid groups (broad SMARTS) is 2. The molecule has 0 aliphatic rings. The Balaban J connectivity index is -0.000000529. The largest absolute Gasteiger partial charge is 0.481 e. The molecule has 199 valence electrons. The van der Waals surface area contributed by atoms with Crippen LogP contribution in [-0.2, 0) is 26.7 Å². The molecule has 0 aliphatic heterocycles. The van der Waals surface area contributed by atoms with Gasteiger partial charge in [-0.05, 0) is 12.8 Å². The van der Waals surface area contributed by atoms with E-state index in [9.17, 15) is 9.59 Å². The molecular weight excluding hydrogens is 455 g/mol. The van der Waals surface area contributed by atoms with E-state index in [1.165, 1.54) is 116 Å². The molecule has 0 aromatic heterocycles. The first-order chi connectivity index (χ1) is 15.5. The van der Waals surface area contributed by atoms with Crippen LogP contribution in [0, 0.1) is 0 Å². The van der Waals surface area contributed by atoms with Gasteiger partial charge in [0, 0.05) is 29.9 Å². The van der Waals surface area contributed by atoms with Gasteiger partial charge >= 0.3 is 11.9 Å². The van der Waals surface area contributed by atoms with Crippen molar-refractivity contribution in [3.8, 4) is 0 Å². The maximum Gasteiger partial charge on any atom is 0.303 e. The van der Waals surface area contributed by atoms with Gasteiger partial charge in [-0.25, -0.2) is 0 Å². The van der Waals surface area contributed by atoms with Gasteiger partial charge in [0.15, 0.2) is 0 Å². The molecule has 0 atom stereocenters. The molecule has 0 amide bonds. The van der Waals surface area contributed by atoms with Crippen LogP contribution >= 0.6 is 0 Å². The van der Waals surface area contributed by atoms with Crippen molar-refractivity contribution in [1.29, 1.82) is 0 Å². The van der Waals surface area contributed by atoms with Crippen LogP contribution in [0.2, 0.25) is 0 Å². The molecule has 0 spiro atoms. The summed E-state index contributed by atoms with van der Waals surface area (Å²) in [5.41, 5.74) is 0. The van der Waals surface area contributed by atoms with Crippen molar-refractivity contribution in [2.75, 3.05) is 0 Å². The minimum Gasteiger partial charge on any atom is -0.481 e. The predicted octanol–water partition coefficient (Wildman–Crippen LogP) is 9.54. The van der Waals surface area contributed by atoms with Crippen LogP contribution in [0.3, 0.4) is 0 Å². The Bertz CT molecular complexity index is 352. The van der Waals surface area contributed by atoms with Gasteiger partial charge in [0.05, 0.1) is 0 Å². The molecular formula is C28H56MnO4. The average Bonchev–Trinajstić information content (AvgIpc) is 2.76. The summed E-state index contributed by atoms with van der Waals surface area (Å²) < 4.78 is 0. The Kier molecular flexibility index (Phi) is 37.7. The summed E-state index contributed by atoms with van der Waals surface area (Å²) in [7, 11) is 0. The first-order valence-corrected chi connectivity index (χ1v) is 14.0. The molecule has 0 aromatic rings. The molecule has 5 heteroatoms. The Hall–Kier alpha value is -0.541. The number of unbranched alkanes of at least 4 members (excludes halogenated alkanes) is 20. The Morgan fingerprint density at radius 3 is 0.758 bits per heavy atom. The van der Waals surface area contributed by atoms with Crippen LogP contribution in [0.5, 0.6) is 0 Å². The summed E-state index contributed by atoms with van der Waals surface area (Å²) in [5.74, 6) is -1.31. The molecule has 4 nitrogen and oxygen atoms in total. The monoisotopic (exact) mass is 511 g/mol. The normalized spacial score (nSPS) is 10.2. The van der Waals surface area contributed by atoms with Crippen LogP contribution in [-0.4, -0.2) is 22.2 Å². The second-order valence-electron chi connectivity index (χ2n) is 9.36. The van der Waals surface area contributed by atoms with Crippen molar-refractivity contribution >= 4 is 11.9 Å². The standard InChI is InChI=1S/2C14H28O2.Mn/c2*1-2-3-4-5-6-7-8-9-10-11-12-13-14(15)16;/h2*2-13H2,1H3,(H,15,16);. The molecule has 0 fully saturated rings. The Morgan fingerprint density at radius 1 is 0.394 bits per heavy atom. The van der Waals surface area contributed by atoms with Crippen molar-refractivity contribution in [2.24, 2.45) is 0 Å². The smallest absolute Gasteiger partial charge is 0.303 e. The molecule has 0 aromatic carbocycles. The van der Waals surface area contributed by atoms with Crippen LogP contribution in [0.1, 0.15) is 168 Å². The Morgan fingerprint density at radius 2 is 0.576 bits per heavy atom. The number of carboxylic acids is 2. The van der Waals surface area contributed by atoms with Gasteiger partial charge in [0.25, 0.3) is 0 Å². The molecule has 0 rings (SSSR count). The molecule has 0 heterocycles. The quantitative estimate of drug-likeness (QED) is 0.0999. The third-order valence-corrected chi connectivity index (χ3v) is 5.99. The zero-order valence-corrected chi connectivity index (χ0v) is 23.2. The molecule has 1 radical (unpaired) electrons. The van der Waals surface area contributed by atoms with Crippen LogP contribution in [0.25, 0.3) is 0 Å². The maximum atomic E-state index is 10.3. The van der Waals surface area contributed by atoms with E-state index in [1.54, 1.807) is 0 Å². The number of aliphatic carboxylic acids is 2. The molecule has 0 bridgehead atoms. The van der Waals surface area contributed by atoms with E-state index in [0.717, 1.165) is 25.7 Å². The third kappa shape index (κ3) is 42.1. The van der Waals surface area contributed by atoms with E-state index in [1.807, 2.05) is 0 Å². The fraction of sp³-hybridized carbons (Fsp3) is 0.929. The fourth-order valence-electron chi connectivity index (χ4n) is 3.88. The van der Waals surface area contributed by atoms with Crippen molar-refractivity contribution in [1.82, 2.24) is 0 Å². The summed E-state index contributed by atoms with van der Waals surface area (Å²) in [5, 5.41) is 16.9. The van der Waals surface area contributed by atoms with Crippen LogP contribution in [0.4, 0.5) is 0 Å². The molecule has 0 aliphatic carbocycles. The summed E-state index contributed by atoms with van der Waals surface area (Å²) >= 11 is 0. The first-order valence-electron chi connectivity index (χ1n) is 14.0. The second-order valence-corrected chi connectivity index (χ2v) is 9.36. The van der Waals surface area contributed by atoms with E-state index in [2.05, 4.69) is 13.8 Å². The van der Waals surface area contributed by atoms with E-state index >= 15 is 0 Å². The van der Waals surface area contributed by atoms with Gasteiger partial charge in [-0.15, -0.1) is 0 Å². The van der Waals surface area contributed by atoms with Crippen molar-refractivity contribution < 1.29 is 36.9 Å². The molecule has 0 saturated carbocycles.